The normalized spacial score (nSPS) is 23.6. The first kappa shape index (κ1) is 22.6. The van der Waals surface area contributed by atoms with E-state index < -0.39 is 0 Å². The second kappa shape index (κ2) is 9.36. The number of hydrogen-bond acceptors (Lipinski definition) is 8. The van der Waals surface area contributed by atoms with Gasteiger partial charge >= 0.3 is 0 Å². The zero-order valence-electron chi connectivity index (χ0n) is 16.6. The Hall–Kier alpha value is -2.10. The van der Waals surface area contributed by atoms with Gasteiger partial charge in [-0.2, -0.15) is 0 Å². The summed E-state index contributed by atoms with van der Waals surface area (Å²) in [7, 11) is 0. The van der Waals surface area contributed by atoms with Gasteiger partial charge in [0.25, 0.3) is 0 Å². The highest BCUT2D eigenvalue weighted by Crippen LogP contribution is 2.27. The molecule has 5 heterocycles. The van der Waals surface area contributed by atoms with Gasteiger partial charge in [-0.05, 0) is 12.8 Å². The van der Waals surface area contributed by atoms with Crippen molar-refractivity contribution < 1.29 is 9.32 Å². The van der Waals surface area contributed by atoms with Crippen LogP contribution in [0.1, 0.15) is 30.5 Å². The fourth-order valence-corrected chi connectivity index (χ4v) is 4.53. The number of carbonyl (C=O) groups is 1. The predicted molar refractivity (Wildman–Crippen MR) is 117 cm³/mol. The van der Waals surface area contributed by atoms with Gasteiger partial charge in [0.05, 0.1) is 11.7 Å². The average molecular weight is 456 g/mol. The Bertz CT molecular complexity index is 880. The number of aromatic nitrogens is 3. The highest BCUT2D eigenvalue weighted by atomic mass is 35.5. The van der Waals surface area contributed by atoms with Gasteiger partial charge in [0.1, 0.15) is 24.2 Å². The molecule has 2 atom stereocenters. The third-order valence-corrected chi connectivity index (χ3v) is 6.09. The number of piperidine rings is 1. The van der Waals surface area contributed by atoms with Gasteiger partial charge in [-0.25, -0.2) is 9.97 Å². The molecular formula is C19H27Cl2N7O2. The summed E-state index contributed by atoms with van der Waals surface area (Å²) in [4.78, 5) is 27.6. The topological polar surface area (TPSA) is 105 Å². The van der Waals surface area contributed by atoms with Crippen LogP contribution in [0.15, 0.2) is 23.2 Å². The van der Waals surface area contributed by atoms with E-state index in [-0.39, 0.29) is 42.8 Å². The van der Waals surface area contributed by atoms with Gasteiger partial charge in [-0.15, -0.1) is 24.8 Å². The Kier molecular flexibility index (Phi) is 7.05. The molecule has 164 valence electrons. The van der Waals surface area contributed by atoms with E-state index in [0.29, 0.717) is 13.0 Å². The van der Waals surface area contributed by atoms with Crippen LogP contribution < -0.4 is 15.5 Å². The van der Waals surface area contributed by atoms with Crippen molar-refractivity contribution in [3.8, 4) is 0 Å². The number of halogens is 2. The molecule has 2 aromatic heterocycles. The smallest absolute Gasteiger partial charge is 0.222 e. The molecular weight excluding hydrogens is 429 g/mol. The molecule has 1 amide bonds. The summed E-state index contributed by atoms with van der Waals surface area (Å²) in [5.41, 5.74) is 8.56. The minimum atomic E-state index is -0.0602. The minimum absolute atomic E-state index is 0. The molecule has 0 aliphatic carbocycles. The van der Waals surface area contributed by atoms with Crippen LogP contribution in [0.5, 0.6) is 0 Å². The van der Waals surface area contributed by atoms with E-state index >= 15 is 0 Å². The van der Waals surface area contributed by atoms with E-state index in [9.17, 15) is 4.79 Å². The zero-order chi connectivity index (χ0) is 19.1. The quantitative estimate of drug-likeness (QED) is 0.739. The van der Waals surface area contributed by atoms with Crippen molar-refractivity contribution in [3.05, 3.63) is 29.9 Å². The van der Waals surface area contributed by atoms with Crippen LogP contribution in [-0.2, 0) is 17.8 Å². The maximum Gasteiger partial charge on any atom is 0.222 e. The molecule has 5 rings (SSSR count). The maximum absolute atomic E-state index is 12.3. The SMILES string of the molecule is Cl.Cl.N[C@H]1CN(c2cc(N3CCc4nocc4C3)ncn2)C[C@@H]1N1CCCCC1=O. The van der Waals surface area contributed by atoms with Crippen molar-refractivity contribution in [3.63, 3.8) is 0 Å². The first-order chi connectivity index (χ1) is 13.7. The highest BCUT2D eigenvalue weighted by Gasteiger charge is 2.38. The lowest BCUT2D eigenvalue weighted by atomic mass is 10.1. The van der Waals surface area contributed by atoms with Crippen molar-refractivity contribution in [1.82, 2.24) is 20.0 Å². The minimum Gasteiger partial charge on any atom is -0.364 e. The third kappa shape index (κ3) is 4.19. The van der Waals surface area contributed by atoms with Crippen molar-refractivity contribution in [2.75, 3.05) is 36.0 Å². The van der Waals surface area contributed by atoms with Crippen molar-refractivity contribution >= 4 is 42.4 Å². The molecule has 11 heteroatoms. The van der Waals surface area contributed by atoms with Crippen molar-refractivity contribution in [2.24, 2.45) is 5.73 Å². The number of amides is 1. The fourth-order valence-electron chi connectivity index (χ4n) is 4.53. The second-order valence-electron chi connectivity index (χ2n) is 7.87. The zero-order valence-corrected chi connectivity index (χ0v) is 18.3. The van der Waals surface area contributed by atoms with E-state index in [1.165, 1.54) is 0 Å². The number of nitrogens with two attached hydrogens (primary N) is 1. The Labute approximate surface area is 187 Å². The molecule has 30 heavy (non-hydrogen) atoms. The van der Waals surface area contributed by atoms with E-state index in [0.717, 1.165) is 68.3 Å². The average Bonchev–Trinajstić information content (AvgIpc) is 3.34. The summed E-state index contributed by atoms with van der Waals surface area (Å²) in [5.74, 6) is 1.99. The molecule has 0 saturated carbocycles. The number of nitrogens with zero attached hydrogens (tertiary/aromatic N) is 6. The Balaban J connectivity index is 0.00000128. The standard InChI is InChI=1S/C19H25N7O2.2ClH/c20-14-9-25(10-16(14)26-5-2-1-3-19(26)27)18-7-17(21-12-22-18)24-6-4-15-13(8-24)11-28-23-15;;/h7,11-12,14,16H,1-6,8-10,20H2;2*1H/t14-,16-;;/m0../s1. The summed E-state index contributed by atoms with van der Waals surface area (Å²) in [6.07, 6.45) is 6.86. The number of rotatable bonds is 3. The van der Waals surface area contributed by atoms with Gasteiger partial charge in [0.15, 0.2) is 0 Å². The molecule has 9 nitrogen and oxygen atoms in total. The van der Waals surface area contributed by atoms with Crippen LogP contribution in [-0.4, -0.2) is 64.2 Å². The number of likely N-dealkylation sites (tertiary alicyclic amines) is 1. The third-order valence-electron chi connectivity index (χ3n) is 6.09. The fraction of sp³-hybridized carbons (Fsp3) is 0.579. The lowest BCUT2D eigenvalue weighted by molar-refractivity contribution is -0.135. The highest BCUT2D eigenvalue weighted by molar-refractivity contribution is 5.85. The summed E-state index contributed by atoms with van der Waals surface area (Å²) in [5, 5.41) is 4.04. The van der Waals surface area contributed by atoms with Gasteiger partial charge in [-0.3, -0.25) is 4.79 Å². The molecule has 2 saturated heterocycles. The molecule has 2 aromatic rings. The summed E-state index contributed by atoms with van der Waals surface area (Å²) < 4.78 is 5.08. The van der Waals surface area contributed by atoms with Crippen molar-refractivity contribution in [2.45, 2.75) is 44.3 Å². The van der Waals surface area contributed by atoms with E-state index in [1.807, 2.05) is 11.0 Å². The lowest BCUT2D eigenvalue weighted by Crippen LogP contribution is -2.51. The monoisotopic (exact) mass is 455 g/mol. The van der Waals surface area contributed by atoms with Gasteiger partial charge in [-0.1, -0.05) is 5.16 Å². The molecule has 2 fully saturated rings. The van der Waals surface area contributed by atoms with Gasteiger partial charge < -0.3 is 25.0 Å². The summed E-state index contributed by atoms with van der Waals surface area (Å²) >= 11 is 0. The molecule has 0 radical (unpaired) electrons. The number of carbonyl (C=O) groups excluding carboxylic acids is 1. The Morgan fingerprint density at radius 2 is 1.83 bits per heavy atom. The van der Waals surface area contributed by atoms with Crippen LogP contribution in [0.4, 0.5) is 11.6 Å². The summed E-state index contributed by atoms with van der Waals surface area (Å²) in [6.45, 7) is 3.81. The lowest BCUT2D eigenvalue weighted by Gasteiger charge is -2.34. The summed E-state index contributed by atoms with van der Waals surface area (Å²) in [6, 6.07) is 2.02. The Morgan fingerprint density at radius 3 is 2.63 bits per heavy atom. The van der Waals surface area contributed by atoms with E-state index in [4.69, 9.17) is 10.3 Å². The first-order valence-corrected chi connectivity index (χ1v) is 9.98. The number of anilines is 2. The van der Waals surface area contributed by atoms with Crippen LogP contribution in [0.3, 0.4) is 0 Å². The molecule has 0 spiro atoms. The number of hydrogen-bond donors (Lipinski definition) is 1. The second-order valence-corrected chi connectivity index (χ2v) is 7.87. The number of fused-ring (bicyclic) bond motifs is 1. The van der Waals surface area contributed by atoms with Gasteiger partial charge in [0, 0.05) is 63.2 Å². The molecule has 0 unspecified atom stereocenters. The van der Waals surface area contributed by atoms with Crippen molar-refractivity contribution in [1.29, 1.82) is 0 Å². The molecule has 0 aromatic carbocycles. The van der Waals surface area contributed by atoms with Crippen LogP contribution in [0.2, 0.25) is 0 Å². The van der Waals surface area contributed by atoms with E-state index in [1.54, 1.807) is 12.6 Å². The van der Waals surface area contributed by atoms with Crippen LogP contribution in [0.25, 0.3) is 0 Å². The Morgan fingerprint density at radius 1 is 1.03 bits per heavy atom. The molecule has 0 bridgehead atoms. The maximum atomic E-state index is 12.3. The van der Waals surface area contributed by atoms with Crippen LogP contribution >= 0.6 is 24.8 Å². The first-order valence-electron chi connectivity index (χ1n) is 9.98. The largest absolute Gasteiger partial charge is 0.364 e. The molecule has 2 N–H and O–H groups in total. The van der Waals surface area contributed by atoms with E-state index in [2.05, 4.69) is 24.9 Å². The van der Waals surface area contributed by atoms with Gasteiger partial charge in [0.2, 0.25) is 5.91 Å². The molecule has 3 aliphatic heterocycles. The molecule has 3 aliphatic rings. The van der Waals surface area contributed by atoms with Crippen LogP contribution in [0, 0.1) is 0 Å². The predicted octanol–water partition coefficient (Wildman–Crippen LogP) is 1.40.